The summed E-state index contributed by atoms with van der Waals surface area (Å²) in [6.07, 6.45) is 7.85. The van der Waals surface area contributed by atoms with Crippen LogP contribution in [0.2, 0.25) is 0 Å². The zero-order valence-corrected chi connectivity index (χ0v) is 10.9. The second-order valence-corrected chi connectivity index (χ2v) is 5.07. The normalized spacial score (nSPS) is 14.6. The number of aryl methyl sites for hydroxylation is 1. The molecule has 0 aliphatic heterocycles. The van der Waals surface area contributed by atoms with E-state index in [9.17, 15) is 4.79 Å². The van der Waals surface area contributed by atoms with Gasteiger partial charge in [-0.15, -0.1) is 0 Å². The highest BCUT2D eigenvalue weighted by atomic mass is 16.2. The van der Waals surface area contributed by atoms with Crippen molar-refractivity contribution < 1.29 is 4.79 Å². The van der Waals surface area contributed by atoms with Crippen molar-refractivity contribution in [1.29, 1.82) is 0 Å². The van der Waals surface area contributed by atoms with E-state index in [4.69, 9.17) is 0 Å². The molecule has 0 saturated heterocycles. The Morgan fingerprint density at radius 3 is 3.00 bits per heavy atom. The fourth-order valence-corrected chi connectivity index (χ4v) is 1.99. The SMILES string of the molecule is Cc1ccnn1CC(=O)Nc1cnn(CC2CC2)c1. The predicted octanol–water partition coefficient (Wildman–Crippen LogP) is 1.44. The van der Waals surface area contributed by atoms with Gasteiger partial charge in [-0.3, -0.25) is 14.2 Å². The van der Waals surface area contributed by atoms with E-state index in [1.165, 1.54) is 12.8 Å². The Morgan fingerprint density at radius 1 is 1.47 bits per heavy atom. The third-order valence-corrected chi connectivity index (χ3v) is 3.28. The van der Waals surface area contributed by atoms with Crippen molar-refractivity contribution in [3.05, 3.63) is 30.4 Å². The molecule has 0 aromatic carbocycles. The number of hydrogen-bond acceptors (Lipinski definition) is 3. The van der Waals surface area contributed by atoms with Gasteiger partial charge in [-0.2, -0.15) is 10.2 Å². The van der Waals surface area contributed by atoms with Crippen LogP contribution in [-0.4, -0.2) is 25.5 Å². The van der Waals surface area contributed by atoms with Crippen LogP contribution in [0.25, 0.3) is 0 Å². The van der Waals surface area contributed by atoms with E-state index in [-0.39, 0.29) is 12.5 Å². The summed E-state index contributed by atoms with van der Waals surface area (Å²) in [4.78, 5) is 11.9. The molecule has 19 heavy (non-hydrogen) atoms. The number of rotatable bonds is 5. The Balaban J connectivity index is 1.56. The van der Waals surface area contributed by atoms with Gasteiger partial charge in [0.25, 0.3) is 0 Å². The van der Waals surface area contributed by atoms with Crippen molar-refractivity contribution in [3.63, 3.8) is 0 Å². The second-order valence-electron chi connectivity index (χ2n) is 5.07. The average molecular weight is 259 g/mol. The highest BCUT2D eigenvalue weighted by Gasteiger charge is 2.22. The van der Waals surface area contributed by atoms with Crippen molar-refractivity contribution in [2.45, 2.75) is 32.9 Å². The number of nitrogens with zero attached hydrogens (tertiary/aromatic N) is 4. The van der Waals surface area contributed by atoms with E-state index in [0.29, 0.717) is 0 Å². The molecular formula is C13H17N5O. The second kappa shape index (κ2) is 4.87. The third-order valence-electron chi connectivity index (χ3n) is 3.28. The lowest BCUT2D eigenvalue weighted by Gasteiger charge is -2.04. The molecule has 2 heterocycles. The molecule has 0 radical (unpaired) electrons. The maximum atomic E-state index is 11.9. The Bertz CT molecular complexity index is 581. The monoisotopic (exact) mass is 259 g/mol. The summed E-state index contributed by atoms with van der Waals surface area (Å²) in [6, 6.07) is 1.88. The molecule has 1 fully saturated rings. The molecule has 2 aromatic rings. The fraction of sp³-hybridized carbons (Fsp3) is 0.462. The highest BCUT2D eigenvalue weighted by molar-refractivity contribution is 5.90. The zero-order valence-electron chi connectivity index (χ0n) is 10.9. The molecule has 0 bridgehead atoms. The van der Waals surface area contributed by atoms with Gasteiger partial charge >= 0.3 is 0 Å². The number of carbonyl (C=O) groups excluding carboxylic acids is 1. The van der Waals surface area contributed by atoms with Crippen molar-refractivity contribution in [2.24, 2.45) is 5.92 Å². The lowest BCUT2D eigenvalue weighted by molar-refractivity contribution is -0.116. The Hall–Kier alpha value is -2.11. The van der Waals surface area contributed by atoms with Crippen molar-refractivity contribution in [2.75, 3.05) is 5.32 Å². The fourth-order valence-electron chi connectivity index (χ4n) is 1.99. The van der Waals surface area contributed by atoms with Crippen LogP contribution in [0.4, 0.5) is 5.69 Å². The maximum absolute atomic E-state index is 11.9. The first-order valence-electron chi connectivity index (χ1n) is 6.51. The van der Waals surface area contributed by atoms with Crippen LogP contribution in [0.3, 0.4) is 0 Å². The summed E-state index contributed by atoms with van der Waals surface area (Å²) in [5.74, 6) is 0.688. The minimum Gasteiger partial charge on any atom is -0.322 e. The Labute approximate surface area is 111 Å². The lowest BCUT2D eigenvalue weighted by Crippen LogP contribution is -2.19. The van der Waals surface area contributed by atoms with Crippen molar-refractivity contribution in [3.8, 4) is 0 Å². The molecule has 3 rings (SSSR count). The molecule has 0 unspecified atom stereocenters. The molecular weight excluding hydrogens is 242 g/mol. The number of aromatic nitrogens is 4. The van der Waals surface area contributed by atoms with Gasteiger partial charge in [-0.05, 0) is 31.7 Å². The number of carbonyl (C=O) groups is 1. The first-order chi connectivity index (χ1) is 9.20. The van der Waals surface area contributed by atoms with Gasteiger partial charge in [0.2, 0.25) is 5.91 Å². The van der Waals surface area contributed by atoms with Crippen LogP contribution in [0, 0.1) is 12.8 Å². The minimum atomic E-state index is -0.0854. The van der Waals surface area contributed by atoms with E-state index >= 15 is 0 Å². The average Bonchev–Trinajstić information content (AvgIpc) is 2.93. The summed E-state index contributed by atoms with van der Waals surface area (Å²) in [7, 11) is 0. The van der Waals surface area contributed by atoms with Crippen LogP contribution < -0.4 is 5.32 Å². The molecule has 2 aromatic heterocycles. The standard InChI is InChI=1S/C13H17N5O/c1-10-4-5-14-18(10)9-13(19)16-12-6-15-17(8-12)7-11-2-3-11/h4-6,8,11H,2-3,7,9H2,1H3,(H,16,19). The van der Waals surface area contributed by atoms with Gasteiger partial charge in [0.15, 0.2) is 0 Å². The molecule has 6 heteroatoms. The molecule has 100 valence electrons. The van der Waals surface area contributed by atoms with Crippen LogP contribution >= 0.6 is 0 Å². The van der Waals surface area contributed by atoms with E-state index in [2.05, 4.69) is 15.5 Å². The maximum Gasteiger partial charge on any atom is 0.246 e. The van der Waals surface area contributed by atoms with Gasteiger partial charge in [0, 0.05) is 24.6 Å². The van der Waals surface area contributed by atoms with Crippen molar-refractivity contribution >= 4 is 11.6 Å². The first kappa shape index (κ1) is 12.0. The number of amides is 1. The summed E-state index contributed by atoms with van der Waals surface area (Å²) in [6.45, 7) is 3.11. The molecule has 1 amide bonds. The largest absolute Gasteiger partial charge is 0.322 e. The van der Waals surface area contributed by atoms with Gasteiger partial charge in [-0.1, -0.05) is 0 Å². The third kappa shape index (κ3) is 3.01. The quantitative estimate of drug-likeness (QED) is 0.883. The van der Waals surface area contributed by atoms with Crippen LogP contribution in [-0.2, 0) is 17.9 Å². The first-order valence-corrected chi connectivity index (χ1v) is 6.51. The molecule has 1 aliphatic rings. The van der Waals surface area contributed by atoms with Gasteiger partial charge in [0.05, 0.1) is 11.9 Å². The predicted molar refractivity (Wildman–Crippen MR) is 70.5 cm³/mol. The van der Waals surface area contributed by atoms with E-state index in [0.717, 1.165) is 23.8 Å². The topological polar surface area (TPSA) is 64.7 Å². The Morgan fingerprint density at radius 2 is 2.32 bits per heavy atom. The lowest BCUT2D eigenvalue weighted by atomic mass is 10.4. The highest BCUT2D eigenvalue weighted by Crippen LogP contribution is 2.30. The van der Waals surface area contributed by atoms with Gasteiger partial charge in [0.1, 0.15) is 6.54 Å². The zero-order chi connectivity index (χ0) is 13.2. The smallest absolute Gasteiger partial charge is 0.246 e. The van der Waals surface area contributed by atoms with E-state index in [1.54, 1.807) is 17.1 Å². The van der Waals surface area contributed by atoms with Crippen molar-refractivity contribution in [1.82, 2.24) is 19.6 Å². The minimum absolute atomic E-state index is 0.0854. The van der Waals surface area contributed by atoms with Crippen LogP contribution in [0.5, 0.6) is 0 Å². The summed E-state index contributed by atoms with van der Waals surface area (Å²) in [5, 5.41) is 11.2. The van der Waals surface area contributed by atoms with Crippen LogP contribution in [0.15, 0.2) is 24.7 Å². The number of anilines is 1. The number of nitrogens with one attached hydrogen (secondary N) is 1. The summed E-state index contributed by atoms with van der Waals surface area (Å²) < 4.78 is 3.57. The summed E-state index contributed by atoms with van der Waals surface area (Å²) >= 11 is 0. The molecule has 1 N–H and O–H groups in total. The number of hydrogen-bond donors (Lipinski definition) is 1. The van der Waals surface area contributed by atoms with E-state index < -0.39 is 0 Å². The Kier molecular flexibility index (Phi) is 3.06. The molecule has 0 atom stereocenters. The van der Waals surface area contributed by atoms with Gasteiger partial charge in [-0.25, -0.2) is 0 Å². The molecule has 1 saturated carbocycles. The van der Waals surface area contributed by atoms with E-state index in [1.807, 2.05) is 23.9 Å². The molecule has 6 nitrogen and oxygen atoms in total. The van der Waals surface area contributed by atoms with Gasteiger partial charge < -0.3 is 5.32 Å². The van der Waals surface area contributed by atoms with Crippen LogP contribution in [0.1, 0.15) is 18.5 Å². The summed E-state index contributed by atoms with van der Waals surface area (Å²) in [5.41, 5.74) is 1.72. The molecule has 0 spiro atoms. The molecule has 1 aliphatic carbocycles.